The lowest BCUT2D eigenvalue weighted by Crippen LogP contribution is -2.35. The number of pyridine rings is 1. The number of aryl methyl sites for hydroxylation is 1. The molecular formula is C24H18ClF6N9O2. The van der Waals surface area contributed by atoms with E-state index in [9.17, 15) is 35.9 Å². The number of hydrogen-bond acceptors (Lipinski definition) is 7. The summed E-state index contributed by atoms with van der Waals surface area (Å²) >= 11 is 6.25. The number of nitrogens with one attached hydrogen (secondary N) is 2. The summed E-state index contributed by atoms with van der Waals surface area (Å²) in [5.74, 6) is -9.41. The summed E-state index contributed by atoms with van der Waals surface area (Å²) in [7, 11) is 0. The molecule has 0 saturated heterocycles. The highest BCUT2D eigenvalue weighted by atomic mass is 35.5. The zero-order chi connectivity index (χ0) is 30.4. The molecule has 3 aromatic heterocycles. The maximum atomic E-state index is 14.2. The molecule has 0 radical (unpaired) electrons. The van der Waals surface area contributed by atoms with E-state index < -0.39 is 42.1 Å². The zero-order valence-electron chi connectivity index (χ0n) is 21.3. The standard InChI is InChI=1S/C24H18ClF6N9O2/c1-11-7-12(26)8-15(20(41)33-13-4-5-13)18(11)34-21(42)17-9-14(36-40(17)19-16(25)3-2-6-32-19)10-39-37-22(35-38-39)23(27,28)24(29,30)31/h2-3,6-9,13H,4-5,10H2,1H3,(H,33,41)(H,34,42). The molecule has 1 saturated carbocycles. The predicted octanol–water partition coefficient (Wildman–Crippen LogP) is 4.20. The van der Waals surface area contributed by atoms with Crippen LogP contribution in [0.15, 0.2) is 36.5 Å². The summed E-state index contributed by atoms with van der Waals surface area (Å²) in [4.78, 5) is 30.9. The van der Waals surface area contributed by atoms with Gasteiger partial charge in [-0.15, -0.1) is 10.2 Å². The zero-order valence-corrected chi connectivity index (χ0v) is 22.0. The quantitative estimate of drug-likeness (QED) is 0.285. The van der Waals surface area contributed by atoms with Gasteiger partial charge in [0.25, 0.3) is 17.6 Å². The molecule has 1 fully saturated rings. The lowest BCUT2D eigenvalue weighted by molar-refractivity contribution is -0.292. The highest BCUT2D eigenvalue weighted by molar-refractivity contribution is 6.32. The van der Waals surface area contributed by atoms with Crippen LogP contribution in [-0.4, -0.2) is 59.0 Å². The number of halogens is 7. The van der Waals surface area contributed by atoms with Gasteiger partial charge >= 0.3 is 12.1 Å². The van der Waals surface area contributed by atoms with E-state index in [0.717, 1.165) is 35.7 Å². The van der Waals surface area contributed by atoms with Gasteiger partial charge in [0.2, 0.25) is 0 Å². The summed E-state index contributed by atoms with van der Waals surface area (Å²) in [5, 5.41) is 18.7. The van der Waals surface area contributed by atoms with Crippen LogP contribution in [-0.2, 0) is 12.5 Å². The monoisotopic (exact) mass is 613 g/mol. The van der Waals surface area contributed by atoms with Crippen LogP contribution in [0.2, 0.25) is 5.02 Å². The molecule has 18 heteroatoms. The van der Waals surface area contributed by atoms with Crippen LogP contribution < -0.4 is 10.6 Å². The number of benzene rings is 1. The van der Waals surface area contributed by atoms with Crippen molar-refractivity contribution in [2.45, 2.75) is 44.5 Å². The van der Waals surface area contributed by atoms with Gasteiger partial charge in [-0.05, 0) is 60.9 Å². The fraction of sp³-hybridized carbons (Fsp3) is 0.292. The van der Waals surface area contributed by atoms with Gasteiger partial charge in [-0.1, -0.05) is 11.6 Å². The van der Waals surface area contributed by atoms with Crippen molar-refractivity contribution in [1.29, 1.82) is 0 Å². The van der Waals surface area contributed by atoms with E-state index in [4.69, 9.17) is 11.6 Å². The number of nitrogens with zero attached hydrogens (tertiary/aromatic N) is 7. The molecule has 220 valence electrons. The van der Waals surface area contributed by atoms with Crippen molar-refractivity contribution < 1.29 is 35.9 Å². The van der Waals surface area contributed by atoms with Crippen LogP contribution in [0.5, 0.6) is 0 Å². The fourth-order valence-corrected chi connectivity index (χ4v) is 4.03. The Bertz CT molecular complexity index is 1680. The molecule has 4 aromatic rings. The molecule has 1 aromatic carbocycles. The first-order chi connectivity index (χ1) is 19.7. The number of anilines is 1. The maximum Gasteiger partial charge on any atom is 0.461 e. The lowest BCUT2D eigenvalue weighted by Gasteiger charge is -2.15. The van der Waals surface area contributed by atoms with Crippen LogP contribution >= 0.6 is 11.6 Å². The van der Waals surface area contributed by atoms with Gasteiger partial charge in [0.1, 0.15) is 18.1 Å². The third-order valence-corrected chi connectivity index (χ3v) is 6.32. The molecule has 2 amide bonds. The molecule has 0 spiro atoms. The number of aromatic nitrogens is 7. The van der Waals surface area contributed by atoms with Crippen LogP contribution in [0.4, 0.5) is 32.0 Å². The first-order valence-electron chi connectivity index (χ1n) is 12.1. The minimum atomic E-state index is -5.95. The van der Waals surface area contributed by atoms with Gasteiger partial charge in [-0.2, -0.15) is 31.8 Å². The van der Waals surface area contributed by atoms with Crippen molar-refractivity contribution in [3.63, 3.8) is 0 Å². The van der Waals surface area contributed by atoms with E-state index in [1.54, 1.807) is 0 Å². The van der Waals surface area contributed by atoms with E-state index in [2.05, 4.69) is 36.1 Å². The molecule has 2 N–H and O–H groups in total. The molecule has 0 bridgehead atoms. The Kier molecular flexibility index (Phi) is 7.38. The number of alkyl halides is 5. The number of rotatable bonds is 8. The Morgan fingerprint density at radius 3 is 2.50 bits per heavy atom. The van der Waals surface area contributed by atoms with Gasteiger partial charge in [0.05, 0.1) is 22.0 Å². The van der Waals surface area contributed by atoms with Crippen molar-refractivity contribution >= 4 is 29.1 Å². The third-order valence-electron chi connectivity index (χ3n) is 6.02. The van der Waals surface area contributed by atoms with Crippen LogP contribution in [0.3, 0.4) is 0 Å². The normalized spacial score (nSPS) is 13.7. The summed E-state index contributed by atoms with van der Waals surface area (Å²) in [6.07, 6.45) is -3.06. The summed E-state index contributed by atoms with van der Waals surface area (Å²) in [6, 6.07) is 6.15. The molecule has 0 aliphatic heterocycles. The van der Waals surface area contributed by atoms with Gasteiger partial charge in [-0.25, -0.2) is 14.1 Å². The Balaban J connectivity index is 1.50. The van der Waals surface area contributed by atoms with Gasteiger partial charge in [-0.3, -0.25) is 9.59 Å². The summed E-state index contributed by atoms with van der Waals surface area (Å²) in [5.41, 5.74) is -0.193. The summed E-state index contributed by atoms with van der Waals surface area (Å²) in [6.45, 7) is 0.902. The molecule has 0 atom stereocenters. The highest BCUT2D eigenvalue weighted by Gasteiger charge is 2.62. The number of hydrogen-bond donors (Lipinski definition) is 2. The van der Waals surface area contributed by atoms with Crippen LogP contribution in [0, 0.1) is 12.7 Å². The fourth-order valence-electron chi connectivity index (χ4n) is 3.83. The van der Waals surface area contributed by atoms with E-state index in [1.165, 1.54) is 25.3 Å². The van der Waals surface area contributed by atoms with Crippen LogP contribution in [0.1, 0.15) is 50.8 Å². The van der Waals surface area contributed by atoms with Crippen molar-refractivity contribution in [2.24, 2.45) is 0 Å². The van der Waals surface area contributed by atoms with E-state index >= 15 is 0 Å². The van der Waals surface area contributed by atoms with E-state index in [0.29, 0.717) is 4.80 Å². The first kappa shape index (κ1) is 29.0. The highest BCUT2D eigenvalue weighted by Crippen LogP contribution is 2.41. The molecule has 3 heterocycles. The Hall–Kier alpha value is -4.54. The second kappa shape index (κ2) is 10.7. The second-order valence-electron chi connectivity index (χ2n) is 9.30. The number of carbonyl (C=O) groups is 2. The maximum absolute atomic E-state index is 14.2. The van der Waals surface area contributed by atoms with Gasteiger partial charge in [0.15, 0.2) is 5.82 Å². The third kappa shape index (κ3) is 5.77. The second-order valence-corrected chi connectivity index (χ2v) is 9.71. The van der Waals surface area contributed by atoms with Crippen molar-refractivity contribution in [2.75, 3.05) is 5.32 Å². The predicted molar refractivity (Wildman–Crippen MR) is 133 cm³/mol. The van der Waals surface area contributed by atoms with Gasteiger partial charge in [0, 0.05) is 12.2 Å². The Labute approximate surface area is 236 Å². The number of amides is 2. The topological polar surface area (TPSA) is 133 Å². The van der Waals surface area contributed by atoms with E-state index in [-0.39, 0.29) is 45.1 Å². The minimum Gasteiger partial charge on any atom is -0.349 e. The Morgan fingerprint density at radius 1 is 1.10 bits per heavy atom. The SMILES string of the molecule is Cc1cc(F)cc(C(=O)NC2CC2)c1NC(=O)c1cc(Cn2nnc(C(F)(F)C(F)(F)F)n2)nn1-c1ncccc1Cl. The molecule has 5 rings (SSSR count). The largest absolute Gasteiger partial charge is 0.461 e. The van der Waals surface area contributed by atoms with Crippen molar-refractivity contribution in [1.82, 2.24) is 40.3 Å². The smallest absolute Gasteiger partial charge is 0.349 e. The van der Waals surface area contributed by atoms with Gasteiger partial charge < -0.3 is 10.6 Å². The first-order valence-corrected chi connectivity index (χ1v) is 12.5. The molecule has 1 aliphatic carbocycles. The Morgan fingerprint density at radius 2 is 1.83 bits per heavy atom. The molecule has 11 nitrogen and oxygen atoms in total. The molecule has 0 unspecified atom stereocenters. The van der Waals surface area contributed by atoms with Crippen molar-refractivity contribution in [3.05, 3.63) is 75.7 Å². The lowest BCUT2D eigenvalue weighted by atomic mass is 10.1. The molecular weight excluding hydrogens is 596 g/mol. The molecule has 42 heavy (non-hydrogen) atoms. The minimum absolute atomic E-state index is 0.0120. The summed E-state index contributed by atoms with van der Waals surface area (Å²) < 4.78 is 80.6. The van der Waals surface area contributed by atoms with E-state index in [1.807, 2.05) is 0 Å². The molecule has 1 aliphatic rings. The average molecular weight is 614 g/mol. The number of tetrazole rings is 1. The van der Waals surface area contributed by atoms with Crippen molar-refractivity contribution in [3.8, 4) is 5.82 Å². The van der Waals surface area contributed by atoms with Crippen LogP contribution in [0.25, 0.3) is 5.82 Å². The average Bonchev–Trinajstić information content (AvgIpc) is 3.42. The number of carbonyl (C=O) groups excluding carboxylic acids is 2.